The van der Waals surface area contributed by atoms with Gasteiger partial charge in [0.1, 0.15) is 5.75 Å². The summed E-state index contributed by atoms with van der Waals surface area (Å²) in [5, 5.41) is 12.1. The second-order valence-corrected chi connectivity index (χ2v) is 4.81. The van der Waals surface area contributed by atoms with Crippen LogP contribution in [0.2, 0.25) is 0 Å². The number of nitrogens with two attached hydrogens (primary N) is 1. The minimum atomic E-state index is -0.538. The molecule has 2 atom stereocenters. The first kappa shape index (κ1) is 16.5. The van der Waals surface area contributed by atoms with Crippen LogP contribution in [0, 0.1) is 5.92 Å². The van der Waals surface area contributed by atoms with Gasteiger partial charge in [0, 0.05) is 11.3 Å². The number of amides is 1. The average Bonchev–Trinajstić information content (AvgIpc) is 2.47. The molecule has 0 aliphatic rings. The van der Waals surface area contributed by atoms with Crippen molar-refractivity contribution in [2.24, 2.45) is 11.7 Å². The van der Waals surface area contributed by atoms with Crippen LogP contribution < -0.4 is 15.8 Å². The average molecular weight is 280 g/mol. The number of ether oxygens (including phenoxy) is 1. The zero-order valence-corrected chi connectivity index (χ0v) is 12.3. The maximum absolute atomic E-state index is 12.0. The summed E-state index contributed by atoms with van der Waals surface area (Å²) in [6.45, 7) is 6.20. The number of hydrogen-bond acceptors (Lipinski definition) is 4. The summed E-state index contributed by atoms with van der Waals surface area (Å²) in [4.78, 5) is 12.0. The van der Waals surface area contributed by atoms with Gasteiger partial charge in [0.2, 0.25) is 5.91 Å². The Labute approximate surface area is 120 Å². The molecule has 0 aliphatic carbocycles. The maximum atomic E-state index is 12.0. The molecule has 1 rings (SSSR count). The van der Waals surface area contributed by atoms with Crippen molar-refractivity contribution < 1.29 is 14.6 Å². The van der Waals surface area contributed by atoms with E-state index in [0.717, 1.165) is 6.42 Å². The molecule has 112 valence electrons. The Bertz CT molecular complexity index is 449. The van der Waals surface area contributed by atoms with Crippen molar-refractivity contribution in [3.8, 4) is 5.75 Å². The Morgan fingerprint density at radius 2 is 2.15 bits per heavy atom. The highest BCUT2D eigenvalue weighted by Gasteiger charge is 2.19. The van der Waals surface area contributed by atoms with Crippen molar-refractivity contribution in [3.05, 3.63) is 23.8 Å². The highest BCUT2D eigenvalue weighted by Crippen LogP contribution is 2.23. The van der Waals surface area contributed by atoms with Gasteiger partial charge in [-0.25, -0.2) is 0 Å². The lowest BCUT2D eigenvalue weighted by molar-refractivity contribution is -0.118. The summed E-state index contributed by atoms with van der Waals surface area (Å²) in [6.07, 6.45) is 0.847. The van der Waals surface area contributed by atoms with Crippen LogP contribution in [0.1, 0.15) is 32.8 Å². The summed E-state index contributed by atoms with van der Waals surface area (Å²) in [6, 6.07) is 4.64. The van der Waals surface area contributed by atoms with Gasteiger partial charge in [0.15, 0.2) is 0 Å². The summed E-state index contributed by atoms with van der Waals surface area (Å²) in [7, 11) is 0. The van der Waals surface area contributed by atoms with Crippen molar-refractivity contribution in [2.75, 3.05) is 11.9 Å². The molecule has 0 bridgehead atoms. The molecule has 0 aliphatic heterocycles. The second-order valence-electron chi connectivity index (χ2n) is 4.81. The van der Waals surface area contributed by atoms with Gasteiger partial charge in [-0.15, -0.1) is 0 Å². The first-order valence-corrected chi connectivity index (χ1v) is 6.96. The first-order chi connectivity index (χ1) is 9.53. The van der Waals surface area contributed by atoms with Crippen LogP contribution >= 0.6 is 0 Å². The smallest absolute Gasteiger partial charge is 0.241 e. The SMILES string of the molecule is CCOc1ccc(NC(=O)[C@@H](N)[C@@H](C)CC)cc1CO. The van der Waals surface area contributed by atoms with E-state index in [1.54, 1.807) is 18.2 Å². The van der Waals surface area contributed by atoms with Gasteiger partial charge in [0.25, 0.3) is 0 Å². The lowest BCUT2D eigenvalue weighted by Gasteiger charge is -2.18. The van der Waals surface area contributed by atoms with Gasteiger partial charge < -0.3 is 20.9 Å². The minimum Gasteiger partial charge on any atom is -0.494 e. The monoisotopic (exact) mass is 280 g/mol. The van der Waals surface area contributed by atoms with E-state index < -0.39 is 6.04 Å². The molecule has 0 unspecified atom stereocenters. The first-order valence-electron chi connectivity index (χ1n) is 6.96. The topological polar surface area (TPSA) is 84.6 Å². The Morgan fingerprint density at radius 3 is 2.70 bits per heavy atom. The van der Waals surface area contributed by atoms with Crippen molar-refractivity contribution in [1.82, 2.24) is 0 Å². The van der Waals surface area contributed by atoms with Crippen molar-refractivity contribution in [1.29, 1.82) is 0 Å². The molecule has 1 aromatic carbocycles. The van der Waals surface area contributed by atoms with Crippen LogP contribution in [0.3, 0.4) is 0 Å². The molecule has 0 spiro atoms. The highest BCUT2D eigenvalue weighted by molar-refractivity contribution is 5.95. The van der Waals surface area contributed by atoms with E-state index in [2.05, 4.69) is 5.32 Å². The van der Waals surface area contributed by atoms with Gasteiger partial charge in [-0.3, -0.25) is 4.79 Å². The molecule has 5 nitrogen and oxygen atoms in total. The van der Waals surface area contributed by atoms with Crippen LogP contribution in [-0.2, 0) is 11.4 Å². The summed E-state index contributed by atoms with van der Waals surface area (Å²) >= 11 is 0. The molecule has 0 aromatic heterocycles. The van der Waals surface area contributed by atoms with Crippen LogP contribution in [0.25, 0.3) is 0 Å². The van der Waals surface area contributed by atoms with Gasteiger partial charge in [-0.05, 0) is 31.0 Å². The standard InChI is InChI=1S/C15H24N2O3/c1-4-10(3)14(16)15(19)17-12-6-7-13(20-5-2)11(8-12)9-18/h6-8,10,14,18H,4-5,9,16H2,1-3H3,(H,17,19)/t10-,14-/m0/s1. The van der Waals surface area contributed by atoms with E-state index in [9.17, 15) is 9.90 Å². The molecule has 0 saturated carbocycles. The number of anilines is 1. The van der Waals surface area contributed by atoms with E-state index in [4.69, 9.17) is 10.5 Å². The molecule has 20 heavy (non-hydrogen) atoms. The minimum absolute atomic E-state index is 0.120. The lowest BCUT2D eigenvalue weighted by atomic mass is 9.99. The van der Waals surface area contributed by atoms with Crippen LogP contribution in [0.4, 0.5) is 5.69 Å². The van der Waals surface area contributed by atoms with E-state index >= 15 is 0 Å². The Kier molecular flexibility index (Phi) is 6.48. The van der Waals surface area contributed by atoms with Crippen LogP contribution in [0.15, 0.2) is 18.2 Å². The molecular weight excluding hydrogens is 256 g/mol. The molecular formula is C15H24N2O3. The van der Waals surface area contributed by atoms with Crippen LogP contribution in [-0.4, -0.2) is 23.7 Å². The summed E-state index contributed by atoms with van der Waals surface area (Å²) < 4.78 is 5.39. The van der Waals surface area contributed by atoms with Crippen molar-refractivity contribution in [2.45, 2.75) is 39.8 Å². The highest BCUT2D eigenvalue weighted by atomic mass is 16.5. The molecule has 5 heteroatoms. The van der Waals surface area contributed by atoms with Crippen LogP contribution in [0.5, 0.6) is 5.75 Å². The summed E-state index contributed by atoms with van der Waals surface area (Å²) in [5.74, 6) is 0.529. The zero-order chi connectivity index (χ0) is 15.1. The Morgan fingerprint density at radius 1 is 1.45 bits per heavy atom. The largest absolute Gasteiger partial charge is 0.494 e. The fourth-order valence-electron chi connectivity index (χ4n) is 1.82. The number of rotatable bonds is 7. The van der Waals surface area contributed by atoms with Crippen molar-refractivity contribution in [3.63, 3.8) is 0 Å². The molecule has 0 fully saturated rings. The third-order valence-corrected chi connectivity index (χ3v) is 3.36. The van der Waals surface area contributed by atoms with Gasteiger partial charge in [0.05, 0.1) is 19.3 Å². The lowest BCUT2D eigenvalue weighted by Crippen LogP contribution is -2.40. The molecule has 0 radical (unpaired) electrons. The van der Waals surface area contributed by atoms with Crippen molar-refractivity contribution >= 4 is 11.6 Å². The number of aliphatic hydroxyl groups excluding tert-OH is 1. The van der Waals surface area contributed by atoms with Gasteiger partial charge >= 0.3 is 0 Å². The fourth-order valence-corrected chi connectivity index (χ4v) is 1.82. The number of carbonyl (C=O) groups is 1. The normalized spacial score (nSPS) is 13.7. The van der Waals surface area contributed by atoms with E-state index in [0.29, 0.717) is 23.6 Å². The predicted octanol–water partition coefficient (Wildman–Crippen LogP) is 1.89. The van der Waals surface area contributed by atoms with E-state index in [-0.39, 0.29) is 18.4 Å². The quantitative estimate of drug-likeness (QED) is 0.712. The molecule has 0 saturated heterocycles. The maximum Gasteiger partial charge on any atom is 0.241 e. The molecule has 0 heterocycles. The zero-order valence-electron chi connectivity index (χ0n) is 12.3. The summed E-state index contributed by atoms with van der Waals surface area (Å²) in [5.41, 5.74) is 7.13. The number of nitrogens with one attached hydrogen (secondary N) is 1. The third-order valence-electron chi connectivity index (χ3n) is 3.36. The Hall–Kier alpha value is -1.59. The Balaban J connectivity index is 2.80. The fraction of sp³-hybridized carbons (Fsp3) is 0.533. The van der Waals surface area contributed by atoms with Gasteiger partial charge in [-0.1, -0.05) is 20.3 Å². The number of aliphatic hydroxyl groups is 1. The van der Waals surface area contributed by atoms with E-state index in [1.807, 2.05) is 20.8 Å². The molecule has 1 amide bonds. The number of carbonyl (C=O) groups excluding carboxylic acids is 1. The van der Waals surface area contributed by atoms with Gasteiger partial charge in [-0.2, -0.15) is 0 Å². The third kappa shape index (κ3) is 4.21. The predicted molar refractivity (Wildman–Crippen MR) is 79.6 cm³/mol. The van der Waals surface area contributed by atoms with E-state index in [1.165, 1.54) is 0 Å². The number of benzene rings is 1. The number of hydrogen-bond donors (Lipinski definition) is 3. The molecule has 1 aromatic rings. The molecule has 4 N–H and O–H groups in total. The second kappa shape index (κ2) is 7.87.